The van der Waals surface area contributed by atoms with Crippen LogP contribution in [-0.2, 0) is 0 Å². The number of hydrogen-bond acceptors (Lipinski definition) is 6. The van der Waals surface area contributed by atoms with Gasteiger partial charge in [-0.2, -0.15) is 9.61 Å². The molecule has 0 radical (unpaired) electrons. The van der Waals surface area contributed by atoms with Gasteiger partial charge < -0.3 is 4.74 Å². The molecule has 0 saturated carbocycles. The molecule has 146 valence electrons. The van der Waals surface area contributed by atoms with Gasteiger partial charge in [0.05, 0.1) is 16.8 Å². The van der Waals surface area contributed by atoms with E-state index in [0.717, 1.165) is 18.5 Å². The Morgan fingerprint density at radius 1 is 1.36 bits per heavy atom. The van der Waals surface area contributed by atoms with Gasteiger partial charge in [0.25, 0.3) is 5.56 Å². The van der Waals surface area contributed by atoms with Crippen LogP contribution in [0.25, 0.3) is 4.96 Å². The van der Waals surface area contributed by atoms with E-state index in [9.17, 15) is 9.59 Å². The van der Waals surface area contributed by atoms with Crippen molar-refractivity contribution >= 4 is 34.0 Å². The molecule has 1 saturated heterocycles. The minimum atomic E-state index is -0.474. The molecule has 3 heterocycles. The Bertz CT molecular complexity index is 1090. The summed E-state index contributed by atoms with van der Waals surface area (Å²) in [6.45, 7) is 4.54. The van der Waals surface area contributed by atoms with Gasteiger partial charge in [0, 0.05) is 12.6 Å². The zero-order chi connectivity index (χ0) is 19.8. The molecule has 1 atom stereocenters. The third-order valence-electron chi connectivity index (χ3n) is 4.68. The summed E-state index contributed by atoms with van der Waals surface area (Å²) in [6, 6.07) is 8.12. The quantitative estimate of drug-likeness (QED) is 0.635. The number of nitrogens with zero attached hydrogens (tertiary/aromatic N) is 4. The van der Waals surface area contributed by atoms with Crippen LogP contribution in [0.3, 0.4) is 0 Å². The van der Waals surface area contributed by atoms with Crippen LogP contribution in [0.15, 0.2) is 35.1 Å². The lowest BCUT2D eigenvalue weighted by Gasteiger charge is -2.22. The molecule has 1 amide bonds. The van der Waals surface area contributed by atoms with Crippen LogP contribution in [0.2, 0.25) is 5.02 Å². The second kappa shape index (κ2) is 7.52. The molecule has 28 heavy (non-hydrogen) atoms. The highest BCUT2D eigenvalue weighted by molar-refractivity contribution is 7.16. The van der Waals surface area contributed by atoms with Crippen LogP contribution in [0, 0.1) is 0 Å². The van der Waals surface area contributed by atoms with Crippen molar-refractivity contribution < 1.29 is 9.53 Å². The minimum Gasteiger partial charge on any atom is -0.409 e. The fourth-order valence-electron chi connectivity index (χ4n) is 3.20. The van der Waals surface area contributed by atoms with Gasteiger partial charge in [0.1, 0.15) is 5.01 Å². The SMILES string of the molecule is CC(C)c1cc(=O)n2nc(C3CCCN3C(=O)Oc3ccccc3Cl)sc2n1. The smallest absolute Gasteiger partial charge is 0.409 e. The number of amides is 1. The maximum absolute atomic E-state index is 12.7. The summed E-state index contributed by atoms with van der Waals surface area (Å²) in [5.74, 6) is 0.473. The van der Waals surface area contributed by atoms with E-state index in [2.05, 4.69) is 10.1 Å². The Balaban J connectivity index is 1.63. The first kappa shape index (κ1) is 18.9. The fourth-order valence-corrected chi connectivity index (χ4v) is 4.43. The predicted octanol–water partition coefficient (Wildman–Crippen LogP) is 4.26. The third-order valence-corrected chi connectivity index (χ3v) is 6.00. The number of aromatic nitrogens is 3. The molecule has 0 aliphatic carbocycles. The summed E-state index contributed by atoms with van der Waals surface area (Å²) in [7, 11) is 0. The van der Waals surface area contributed by atoms with Crippen LogP contribution in [0.1, 0.15) is 49.4 Å². The standard InChI is InChI=1S/C19H19ClN4O3S/c1-11(2)13-10-16(25)24-18(21-13)28-17(22-24)14-7-5-9-23(14)19(26)27-15-8-4-3-6-12(15)20/h3-4,6,8,10-11,14H,5,7,9H2,1-2H3. The summed E-state index contributed by atoms with van der Waals surface area (Å²) in [5, 5.41) is 5.49. The van der Waals surface area contributed by atoms with Gasteiger partial charge in [-0.1, -0.05) is 48.9 Å². The number of carbonyl (C=O) groups excluding carboxylic acids is 1. The van der Waals surface area contributed by atoms with Crippen LogP contribution >= 0.6 is 22.9 Å². The Morgan fingerprint density at radius 2 is 2.14 bits per heavy atom. The van der Waals surface area contributed by atoms with Crippen molar-refractivity contribution in [3.63, 3.8) is 0 Å². The Hall–Kier alpha value is -2.45. The van der Waals surface area contributed by atoms with Crippen molar-refractivity contribution in [1.29, 1.82) is 0 Å². The van der Waals surface area contributed by atoms with E-state index in [1.165, 1.54) is 21.9 Å². The molecule has 1 fully saturated rings. The third kappa shape index (κ3) is 3.49. The second-order valence-corrected chi connectivity index (χ2v) is 8.35. The first-order valence-corrected chi connectivity index (χ1v) is 10.3. The number of benzene rings is 1. The first-order chi connectivity index (χ1) is 13.4. The number of para-hydroxylation sites is 1. The van der Waals surface area contributed by atoms with Crippen LogP contribution in [-0.4, -0.2) is 32.1 Å². The van der Waals surface area contributed by atoms with Gasteiger partial charge in [-0.05, 0) is 30.9 Å². The number of ether oxygens (including phenoxy) is 1. The van der Waals surface area contributed by atoms with E-state index in [1.54, 1.807) is 29.2 Å². The van der Waals surface area contributed by atoms with Crippen molar-refractivity contribution in [2.45, 2.75) is 38.6 Å². The predicted molar refractivity (Wildman–Crippen MR) is 107 cm³/mol. The molecule has 1 aromatic carbocycles. The van der Waals surface area contributed by atoms with Gasteiger partial charge >= 0.3 is 6.09 Å². The zero-order valence-corrected chi connectivity index (χ0v) is 17.0. The highest BCUT2D eigenvalue weighted by atomic mass is 35.5. The normalized spacial score (nSPS) is 16.9. The summed E-state index contributed by atoms with van der Waals surface area (Å²) < 4.78 is 6.78. The summed E-state index contributed by atoms with van der Waals surface area (Å²) in [4.78, 5) is 31.8. The van der Waals surface area contributed by atoms with Gasteiger partial charge in [-0.15, -0.1) is 0 Å². The highest BCUT2D eigenvalue weighted by Crippen LogP contribution is 2.35. The molecule has 2 aromatic heterocycles. The number of fused-ring (bicyclic) bond motifs is 1. The number of hydrogen-bond donors (Lipinski definition) is 0. The van der Waals surface area contributed by atoms with E-state index in [4.69, 9.17) is 16.3 Å². The van der Waals surface area contributed by atoms with Crippen molar-refractivity contribution in [2.75, 3.05) is 6.54 Å². The molecular formula is C19H19ClN4O3S. The van der Waals surface area contributed by atoms with E-state index in [1.807, 2.05) is 13.8 Å². The molecule has 1 aliphatic rings. The summed E-state index contributed by atoms with van der Waals surface area (Å²) in [5.41, 5.74) is 0.529. The molecule has 0 spiro atoms. The Labute approximate surface area is 170 Å². The van der Waals surface area contributed by atoms with Crippen LogP contribution in [0.4, 0.5) is 4.79 Å². The lowest BCUT2D eigenvalue weighted by atomic mass is 10.1. The molecule has 0 bridgehead atoms. The van der Waals surface area contributed by atoms with E-state index in [-0.39, 0.29) is 17.5 Å². The zero-order valence-electron chi connectivity index (χ0n) is 15.5. The topological polar surface area (TPSA) is 76.8 Å². The van der Waals surface area contributed by atoms with Gasteiger partial charge in [0.15, 0.2) is 5.75 Å². The molecule has 7 nitrogen and oxygen atoms in total. The maximum atomic E-state index is 12.7. The van der Waals surface area contributed by atoms with Crippen LogP contribution in [0.5, 0.6) is 5.75 Å². The number of carbonyl (C=O) groups is 1. The molecule has 9 heteroatoms. The molecule has 4 rings (SSSR count). The Morgan fingerprint density at radius 3 is 2.89 bits per heavy atom. The molecule has 0 N–H and O–H groups in total. The van der Waals surface area contributed by atoms with E-state index in [0.29, 0.717) is 27.3 Å². The van der Waals surface area contributed by atoms with Gasteiger partial charge in [-0.3, -0.25) is 9.69 Å². The fraction of sp³-hybridized carbons (Fsp3) is 0.368. The van der Waals surface area contributed by atoms with Crippen molar-refractivity contribution in [1.82, 2.24) is 19.5 Å². The van der Waals surface area contributed by atoms with Crippen molar-refractivity contribution in [3.05, 3.63) is 56.4 Å². The van der Waals surface area contributed by atoms with Gasteiger partial charge in [0.2, 0.25) is 4.96 Å². The maximum Gasteiger partial charge on any atom is 0.415 e. The Kier molecular flexibility index (Phi) is 5.07. The summed E-state index contributed by atoms with van der Waals surface area (Å²) >= 11 is 7.42. The average Bonchev–Trinajstić information content (AvgIpc) is 3.30. The lowest BCUT2D eigenvalue weighted by molar-refractivity contribution is 0.147. The minimum absolute atomic E-state index is 0.150. The van der Waals surface area contributed by atoms with Gasteiger partial charge in [-0.25, -0.2) is 9.78 Å². The number of rotatable bonds is 3. The monoisotopic (exact) mass is 418 g/mol. The average molecular weight is 419 g/mol. The number of likely N-dealkylation sites (tertiary alicyclic amines) is 1. The summed E-state index contributed by atoms with van der Waals surface area (Å²) in [6.07, 6.45) is 1.11. The van der Waals surface area contributed by atoms with Crippen LogP contribution < -0.4 is 10.3 Å². The molecule has 1 aliphatic heterocycles. The molecule has 1 unspecified atom stereocenters. The molecule has 3 aromatic rings. The largest absolute Gasteiger partial charge is 0.415 e. The van der Waals surface area contributed by atoms with Crippen molar-refractivity contribution in [2.24, 2.45) is 0 Å². The molecular weight excluding hydrogens is 400 g/mol. The van der Waals surface area contributed by atoms with Crippen molar-refractivity contribution in [3.8, 4) is 5.75 Å². The lowest BCUT2D eigenvalue weighted by Crippen LogP contribution is -2.33. The number of halogens is 1. The van der Waals surface area contributed by atoms with E-state index < -0.39 is 6.09 Å². The second-order valence-electron chi connectivity index (χ2n) is 6.96. The highest BCUT2D eigenvalue weighted by Gasteiger charge is 2.34. The first-order valence-electron chi connectivity index (χ1n) is 9.07. The van der Waals surface area contributed by atoms with E-state index >= 15 is 0 Å².